The number of amides is 4. The minimum atomic E-state index is -0.709. The first-order valence-corrected chi connectivity index (χ1v) is 12.8. The van der Waals surface area contributed by atoms with Gasteiger partial charge in [0.25, 0.3) is 23.6 Å². The van der Waals surface area contributed by atoms with Crippen LogP contribution in [0.1, 0.15) is 38.8 Å². The van der Waals surface area contributed by atoms with Crippen LogP contribution in [0.5, 0.6) is 11.5 Å². The summed E-state index contributed by atoms with van der Waals surface area (Å²) in [5, 5.41) is 0. The van der Waals surface area contributed by atoms with Crippen LogP contribution in [0.25, 0.3) is 0 Å². The molecule has 0 fully saturated rings. The van der Waals surface area contributed by atoms with Gasteiger partial charge in [-0.3, -0.25) is 19.2 Å². The number of rotatable bonds is 8. The van der Waals surface area contributed by atoms with Gasteiger partial charge in [0, 0.05) is 24.3 Å². The van der Waals surface area contributed by atoms with E-state index in [9.17, 15) is 19.2 Å². The lowest BCUT2D eigenvalue weighted by Crippen LogP contribution is -2.30. The summed E-state index contributed by atoms with van der Waals surface area (Å²) in [6.07, 6.45) is 5.00. The van der Waals surface area contributed by atoms with Crippen LogP contribution in [0.4, 0.5) is 11.4 Å². The molecule has 5 rings (SSSR count). The van der Waals surface area contributed by atoms with E-state index >= 15 is 0 Å². The highest BCUT2D eigenvalue weighted by Crippen LogP contribution is 2.34. The van der Waals surface area contributed by atoms with Crippen LogP contribution in [-0.2, 0) is 30.4 Å². The number of anilines is 2. The number of nitrogens with zero attached hydrogens (tertiary/aromatic N) is 2. The van der Waals surface area contributed by atoms with E-state index in [4.69, 9.17) is 9.47 Å². The van der Waals surface area contributed by atoms with Crippen LogP contribution in [0.15, 0.2) is 97.1 Å². The van der Waals surface area contributed by atoms with Gasteiger partial charge in [-0.15, -0.1) is 0 Å². The lowest BCUT2D eigenvalue weighted by atomic mass is 9.90. The molecule has 2 aliphatic rings. The maximum atomic E-state index is 12.0. The number of carbonyl (C=O) groups is 4. The van der Waals surface area contributed by atoms with Crippen molar-refractivity contribution in [3.63, 3.8) is 0 Å². The van der Waals surface area contributed by atoms with Crippen molar-refractivity contribution in [2.45, 2.75) is 38.9 Å². The molecule has 3 aromatic rings. The third kappa shape index (κ3) is 5.16. The Morgan fingerprint density at radius 2 is 0.825 bits per heavy atom. The van der Waals surface area contributed by atoms with Gasteiger partial charge in [-0.25, -0.2) is 9.80 Å². The molecule has 0 aromatic heterocycles. The van der Waals surface area contributed by atoms with Crippen molar-refractivity contribution in [3.05, 3.63) is 108 Å². The molecule has 0 atom stereocenters. The Bertz CT molecular complexity index is 1410. The predicted molar refractivity (Wildman–Crippen MR) is 150 cm³/mol. The second-order valence-electron chi connectivity index (χ2n) is 10.5. The fourth-order valence-corrected chi connectivity index (χ4v) is 4.61. The molecule has 0 saturated carbocycles. The van der Waals surface area contributed by atoms with Gasteiger partial charge in [-0.1, -0.05) is 18.2 Å². The first kappa shape index (κ1) is 26.6. The minimum Gasteiger partial charge on any atom is -0.483 e. The number of hydrogen-bond donors (Lipinski definition) is 0. The van der Waals surface area contributed by atoms with E-state index in [0.29, 0.717) is 22.9 Å². The van der Waals surface area contributed by atoms with Crippen molar-refractivity contribution < 1.29 is 28.7 Å². The Labute approximate surface area is 232 Å². The van der Waals surface area contributed by atoms with Crippen LogP contribution < -0.4 is 19.3 Å². The van der Waals surface area contributed by atoms with Gasteiger partial charge < -0.3 is 9.47 Å². The van der Waals surface area contributed by atoms with Crippen molar-refractivity contribution >= 4 is 35.0 Å². The molecule has 40 heavy (non-hydrogen) atoms. The number of carbonyl (C=O) groups excluding carboxylic acids is 4. The molecule has 0 N–H and O–H groups in total. The SMILES string of the molecule is CC(C)(Oc1ccc(N2C(=O)C=CC2=O)cc1)c1cccc(C(C)(C)Oc2ccc(N3C(=O)C=CC3=O)cc2)c1. The molecule has 0 aliphatic carbocycles. The van der Waals surface area contributed by atoms with Gasteiger partial charge in [-0.2, -0.15) is 0 Å². The molecule has 3 aromatic carbocycles. The van der Waals surface area contributed by atoms with E-state index < -0.39 is 11.2 Å². The molecule has 0 spiro atoms. The van der Waals surface area contributed by atoms with Crippen LogP contribution >= 0.6 is 0 Å². The normalized spacial score (nSPS) is 15.4. The first-order valence-electron chi connectivity index (χ1n) is 12.8. The van der Waals surface area contributed by atoms with Gasteiger partial charge in [-0.05, 0) is 93.4 Å². The standard InChI is InChI=1S/C32H28N2O6/c1-31(2,39-25-12-8-23(9-13-25)33-27(35)16-17-28(33)36)21-6-5-7-22(20-21)32(3,4)40-26-14-10-24(11-15-26)34-29(37)18-19-30(34)38/h5-20H,1-4H3. The highest BCUT2D eigenvalue weighted by Gasteiger charge is 2.30. The van der Waals surface area contributed by atoms with Crippen molar-refractivity contribution in [3.8, 4) is 11.5 Å². The molecule has 0 unspecified atom stereocenters. The summed E-state index contributed by atoms with van der Waals surface area (Å²) >= 11 is 0. The van der Waals surface area contributed by atoms with E-state index in [1.54, 1.807) is 48.5 Å². The Kier molecular flexibility index (Phi) is 6.63. The summed E-state index contributed by atoms with van der Waals surface area (Å²) in [5.41, 5.74) is 1.39. The zero-order valence-corrected chi connectivity index (χ0v) is 22.6. The van der Waals surface area contributed by atoms with Crippen LogP contribution in [-0.4, -0.2) is 23.6 Å². The number of ether oxygens (including phenoxy) is 2. The maximum Gasteiger partial charge on any atom is 0.258 e. The summed E-state index contributed by atoms with van der Waals surface area (Å²) in [6.45, 7) is 7.83. The zero-order valence-electron chi connectivity index (χ0n) is 22.6. The molecule has 2 heterocycles. The monoisotopic (exact) mass is 536 g/mol. The Balaban J connectivity index is 1.29. The zero-order chi connectivity index (χ0) is 28.7. The summed E-state index contributed by atoms with van der Waals surface area (Å²) in [6, 6.07) is 21.6. The van der Waals surface area contributed by atoms with E-state index in [1.165, 1.54) is 24.3 Å². The van der Waals surface area contributed by atoms with Gasteiger partial charge >= 0.3 is 0 Å². The van der Waals surface area contributed by atoms with Crippen molar-refractivity contribution in [1.29, 1.82) is 0 Å². The molecular formula is C32H28N2O6. The summed E-state index contributed by atoms with van der Waals surface area (Å²) in [4.78, 5) is 50.0. The average Bonchev–Trinajstić information content (AvgIpc) is 3.44. The number of imide groups is 2. The van der Waals surface area contributed by atoms with Crippen molar-refractivity contribution in [2.75, 3.05) is 9.80 Å². The highest BCUT2D eigenvalue weighted by atomic mass is 16.5. The third-order valence-corrected chi connectivity index (χ3v) is 6.81. The smallest absolute Gasteiger partial charge is 0.258 e. The highest BCUT2D eigenvalue weighted by molar-refractivity contribution is 6.28. The van der Waals surface area contributed by atoms with Gasteiger partial charge in [0.15, 0.2) is 0 Å². The van der Waals surface area contributed by atoms with E-state index in [2.05, 4.69) is 0 Å². The molecule has 202 valence electrons. The molecule has 2 aliphatic heterocycles. The quantitative estimate of drug-likeness (QED) is 0.369. The van der Waals surface area contributed by atoms with Crippen molar-refractivity contribution in [1.82, 2.24) is 0 Å². The first-order chi connectivity index (χ1) is 18.9. The second kappa shape index (κ2) is 9.96. The molecule has 0 radical (unpaired) electrons. The minimum absolute atomic E-state index is 0.370. The fourth-order valence-electron chi connectivity index (χ4n) is 4.61. The molecule has 0 bridgehead atoms. The van der Waals surface area contributed by atoms with Crippen LogP contribution in [0.2, 0.25) is 0 Å². The maximum absolute atomic E-state index is 12.0. The summed E-state index contributed by atoms with van der Waals surface area (Å²) < 4.78 is 12.6. The Morgan fingerprint density at radius 3 is 1.15 bits per heavy atom. The van der Waals surface area contributed by atoms with E-state index in [-0.39, 0.29) is 23.6 Å². The largest absolute Gasteiger partial charge is 0.483 e. The van der Waals surface area contributed by atoms with Crippen LogP contribution in [0, 0.1) is 0 Å². The summed E-state index contributed by atoms with van der Waals surface area (Å²) in [5.74, 6) is -0.299. The number of benzene rings is 3. The Morgan fingerprint density at radius 1 is 0.500 bits per heavy atom. The predicted octanol–water partition coefficient (Wildman–Crippen LogP) is 5.17. The molecule has 0 saturated heterocycles. The average molecular weight is 537 g/mol. The molecule has 8 heteroatoms. The lowest BCUT2D eigenvalue weighted by molar-refractivity contribution is -0.121. The fraction of sp³-hybridized carbons (Fsp3) is 0.188. The summed E-state index contributed by atoms with van der Waals surface area (Å²) in [7, 11) is 0. The molecule has 8 nitrogen and oxygen atoms in total. The lowest BCUT2D eigenvalue weighted by Gasteiger charge is -2.31. The molecule has 4 amide bonds. The number of hydrogen-bond acceptors (Lipinski definition) is 6. The van der Waals surface area contributed by atoms with Gasteiger partial charge in [0.1, 0.15) is 22.7 Å². The van der Waals surface area contributed by atoms with E-state index in [0.717, 1.165) is 20.9 Å². The van der Waals surface area contributed by atoms with Gasteiger partial charge in [0.05, 0.1) is 11.4 Å². The topological polar surface area (TPSA) is 93.2 Å². The van der Waals surface area contributed by atoms with Gasteiger partial charge in [0.2, 0.25) is 0 Å². The van der Waals surface area contributed by atoms with Crippen molar-refractivity contribution in [2.24, 2.45) is 0 Å². The van der Waals surface area contributed by atoms with Crippen LogP contribution in [0.3, 0.4) is 0 Å². The third-order valence-electron chi connectivity index (χ3n) is 6.81. The van der Waals surface area contributed by atoms with E-state index in [1.807, 2.05) is 52.0 Å². The Hall–Kier alpha value is -4.98. The molecular weight excluding hydrogens is 508 g/mol. The second-order valence-corrected chi connectivity index (χ2v) is 10.5.